The normalized spacial score (nSPS) is 16.1. The van der Waals surface area contributed by atoms with Crippen molar-refractivity contribution in [2.24, 2.45) is 5.41 Å². The quantitative estimate of drug-likeness (QED) is 0.428. The largest absolute Gasteiger partial charge is 0.481 e. The molecule has 0 amide bonds. The maximum atomic E-state index is 13.6. The van der Waals surface area contributed by atoms with Crippen LogP contribution in [0.15, 0.2) is 12.1 Å². The first-order valence-corrected chi connectivity index (χ1v) is 7.50. The lowest BCUT2D eigenvalue weighted by molar-refractivity contribution is -0.384. The molecule has 0 spiro atoms. The molecule has 0 saturated heterocycles. The van der Waals surface area contributed by atoms with Gasteiger partial charge in [-0.1, -0.05) is 6.42 Å². The molecule has 0 unspecified atom stereocenters. The minimum Gasteiger partial charge on any atom is -0.481 e. The van der Waals surface area contributed by atoms with Crippen LogP contribution in [-0.2, 0) is 4.79 Å². The van der Waals surface area contributed by atoms with Gasteiger partial charge in [0.1, 0.15) is 11.5 Å². The van der Waals surface area contributed by atoms with Gasteiger partial charge in [-0.2, -0.15) is 0 Å². The number of anilines is 1. The number of hydrogen-bond acceptors (Lipinski definition) is 4. The summed E-state index contributed by atoms with van der Waals surface area (Å²) in [5.74, 6) is -1.43. The van der Waals surface area contributed by atoms with Crippen molar-refractivity contribution in [1.29, 1.82) is 0 Å². The molecule has 0 heterocycles. The maximum Gasteiger partial charge on any atom is 0.303 e. The Morgan fingerprint density at radius 3 is 2.67 bits per heavy atom. The predicted molar refractivity (Wildman–Crippen MR) is 82.8 cm³/mol. The van der Waals surface area contributed by atoms with Crippen molar-refractivity contribution in [3.63, 3.8) is 0 Å². The smallest absolute Gasteiger partial charge is 0.303 e. The molecule has 0 radical (unpaired) electrons. The average Bonchev–Trinajstić information content (AvgIpc) is 2.35. The lowest BCUT2D eigenvalue weighted by Gasteiger charge is -2.41. The number of aliphatic carboxylic acids is 1. The summed E-state index contributed by atoms with van der Waals surface area (Å²) >= 11 is 1.69. The molecule has 2 rings (SSSR count). The van der Waals surface area contributed by atoms with Crippen LogP contribution < -0.4 is 5.32 Å². The molecule has 0 bridgehead atoms. The average molecular weight is 408 g/mol. The second-order valence-electron chi connectivity index (χ2n) is 5.32. The van der Waals surface area contributed by atoms with Crippen LogP contribution in [0.25, 0.3) is 0 Å². The number of nitrogens with one attached hydrogen (secondary N) is 1. The monoisotopic (exact) mass is 408 g/mol. The zero-order chi connectivity index (χ0) is 15.6. The summed E-state index contributed by atoms with van der Waals surface area (Å²) in [5, 5.41) is 22.8. The molecule has 1 aliphatic rings. The Hall–Kier alpha value is -1.45. The van der Waals surface area contributed by atoms with E-state index in [0.29, 0.717) is 6.54 Å². The molecule has 6 nitrogen and oxygen atoms in total. The van der Waals surface area contributed by atoms with Gasteiger partial charge in [0.25, 0.3) is 5.69 Å². The van der Waals surface area contributed by atoms with Crippen LogP contribution in [0.1, 0.15) is 25.7 Å². The van der Waals surface area contributed by atoms with Gasteiger partial charge >= 0.3 is 5.97 Å². The van der Waals surface area contributed by atoms with E-state index in [1.807, 2.05) is 0 Å². The highest BCUT2D eigenvalue weighted by molar-refractivity contribution is 14.1. The summed E-state index contributed by atoms with van der Waals surface area (Å²) in [5.41, 5.74) is -0.501. The van der Waals surface area contributed by atoms with E-state index in [0.717, 1.165) is 25.3 Å². The fourth-order valence-electron chi connectivity index (χ4n) is 2.53. The van der Waals surface area contributed by atoms with Crippen LogP contribution in [0.3, 0.4) is 0 Å². The SMILES string of the molecule is O=C(O)CC1(CNc2cc(F)c(I)cc2[N+](=O)[O-])CCC1. The number of hydrogen-bond donors (Lipinski definition) is 2. The third-order valence-corrected chi connectivity index (χ3v) is 4.66. The van der Waals surface area contributed by atoms with Gasteiger partial charge in [0.15, 0.2) is 0 Å². The lowest BCUT2D eigenvalue weighted by Crippen LogP contribution is -2.38. The van der Waals surface area contributed by atoms with E-state index in [4.69, 9.17) is 5.11 Å². The molecule has 2 N–H and O–H groups in total. The summed E-state index contributed by atoms with van der Waals surface area (Å²) in [6.45, 7) is 0.292. The summed E-state index contributed by atoms with van der Waals surface area (Å²) in [4.78, 5) is 21.3. The Bertz CT molecular complexity index is 590. The Kier molecular flexibility index (Phi) is 4.64. The number of benzene rings is 1. The van der Waals surface area contributed by atoms with E-state index in [1.165, 1.54) is 6.07 Å². The Morgan fingerprint density at radius 2 is 2.19 bits per heavy atom. The van der Waals surface area contributed by atoms with E-state index in [9.17, 15) is 19.3 Å². The summed E-state index contributed by atoms with van der Waals surface area (Å²) < 4.78 is 13.8. The van der Waals surface area contributed by atoms with Gasteiger partial charge in [-0.05, 0) is 40.8 Å². The molecule has 0 aliphatic heterocycles. The number of nitrogens with zero attached hydrogens (tertiary/aromatic N) is 1. The van der Waals surface area contributed by atoms with Gasteiger partial charge < -0.3 is 10.4 Å². The number of rotatable bonds is 6. The molecule has 1 saturated carbocycles. The van der Waals surface area contributed by atoms with E-state index in [2.05, 4.69) is 5.32 Å². The number of nitro benzene ring substituents is 1. The third kappa shape index (κ3) is 3.60. The molecule has 114 valence electrons. The predicted octanol–water partition coefficient (Wildman–Crippen LogP) is 3.40. The fourth-order valence-corrected chi connectivity index (χ4v) is 2.98. The van der Waals surface area contributed by atoms with Crippen molar-refractivity contribution in [2.75, 3.05) is 11.9 Å². The number of carboxylic acids is 1. The van der Waals surface area contributed by atoms with Crippen molar-refractivity contribution in [2.45, 2.75) is 25.7 Å². The molecule has 8 heteroatoms. The van der Waals surface area contributed by atoms with E-state index < -0.39 is 16.7 Å². The van der Waals surface area contributed by atoms with Crippen molar-refractivity contribution in [3.05, 3.63) is 31.6 Å². The van der Waals surface area contributed by atoms with Crippen LogP contribution in [-0.4, -0.2) is 22.5 Å². The Morgan fingerprint density at radius 1 is 1.52 bits per heavy atom. The molecular weight excluding hydrogens is 394 g/mol. The number of carbonyl (C=O) groups is 1. The van der Waals surface area contributed by atoms with Crippen molar-refractivity contribution in [1.82, 2.24) is 0 Å². The van der Waals surface area contributed by atoms with Gasteiger partial charge in [-0.25, -0.2) is 4.39 Å². The second-order valence-corrected chi connectivity index (χ2v) is 6.48. The van der Waals surface area contributed by atoms with Crippen LogP contribution >= 0.6 is 22.6 Å². The third-order valence-electron chi connectivity index (χ3n) is 3.83. The van der Waals surface area contributed by atoms with E-state index in [1.54, 1.807) is 22.6 Å². The van der Waals surface area contributed by atoms with Crippen molar-refractivity contribution < 1.29 is 19.2 Å². The summed E-state index contributed by atoms with van der Waals surface area (Å²) in [7, 11) is 0. The zero-order valence-electron chi connectivity index (χ0n) is 11.1. The summed E-state index contributed by atoms with van der Waals surface area (Å²) in [6, 6.07) is 2.26. The molecule has 1 aromatic carbocycles. The topological polar surface area (TPSA) is 92.5 Å². The summed E-state index contributed by atoms with van der Waals surface area (Å²) in [6.07, 6.45) is 2.47. The van der Waals surface area contributed by atoms with Crippen molar-refractivity contribution >= 4 is 39.9 Å². The molecule has 1 aliphatic carbocycles. The van der Waals surface area contributed by atoms with Crippen LogP contribution in [0.5, 0.6) is 0 Å². The number of nitro groups is 1. The fraction of sp³-hybridized carbons (Fsp3) is 0.462. The molecular formula is C13H14FIN2O4. The maximum absolute atomic E-state index is 13.6. The van der Waals surface area contributed by atoms with Crippen LogP contribution in [0.4, 0.5) is 15.8 Å². The minimum atomic E-state index is -0.889. The first-order valence-electron chi connectivity index (χ1n) is 6.42. The molecule has 0 atom stereocenters. The van der Waals surface area contributed by atoms with Gasteiger partial charge in [-0.15, -0.1) is 0 Å². The molecule has 1 fully saturated rings. The zero-order valence-corrected chi connectivity index (χ0v) is 13.2. The molecule has 0 aromatic heterocycles. The first-order chi connectivity index (χ1) is 9.83. The highest BCUT2D eigenvalue weighted by Gasteiger charge is 2.39. The van der Waals surface area contributed by atoms with Gasteiger partial charge in [-0.3, -0.25) is 14.9 Å². The van der Waals surface area contributed by atoms with E-state index >= 15 is 0 Å². The lowest BCUT2D eigenvalue weighted by atomic mass is 9.66. The van der Waals surface area contributed by atoms with Gasteiger partial charge in [0.05, 0.1) is 14.9 Å². The van der Waals surface area contributed by atoms with Crippen molar-refractivity contribution in [3.8, 4) is 0 Å². The number of halogens is 2. The highest BCUT2D eigenvalue weighted by Crippen LogP contribution is 2.44. The molecule has 21 heavy (non-hydrogen) atoms. The van der Waals surface area contributed by atoms with Crippen LogP contribution in [0, 0.1) is 24.9 Å². The Labute approximate surface area is 134 Å². The van der Waals surface area contributed by atoms with Gasteiger partial charge in [0.2, 0.25) is 0 Å². The van der Waals surface area contributed by atoms with E-state index in [-0.39, 0.29) is 26.8 Å². The minimum absolute atomic E-state index is 0.0145. The second kappa shape index (κ2) is 6.12. The standard InChI is InChI=1S/C13H14FIN2O4/c14-8-4-10(11(17(20)21)5-9(8)15)16-7-13(2-1-3-13)6-12(18)19/h4-5,16H,1-3,6-7H2,(H,18,19). The van der Waals surface area contributed by atoms with Crippen LogP contribution in [0.2, 0.25) is 0 Å². The number of carboxylic acid groups (broad SMARTS) is 1. The first kappa shape index (κ1) is 15.9. The highest BCUT2D eigenvalue weighted by atomic mass is 127. The van der Waals surface area contributed by atoms with Gasteiger partial charge in [0, 0.05) is 18.7 Å². The molecule has 1 aromatic rings. The Balaban J connectivity index is 2.17.